The van der Waals surface area contributed by atoms with E-state index in [1.165, 1.54) is 23.8 Å². The number of phenolic OH excluding ortho intramolecular Hbond substituents is 2. The Morgan fingerprint density at radius 2 is 1.71 bits per heavy atom. The van der Waals surface area contributed by atoms with Crippen LogP contribution in [0.25, 0.3) is 0 Å². The second-order valence-corrected chi connectivity index (χ2v) is 4.82. The normalized spacial score (nSPS) is 10.3. The van der Waals surface area contributed by atoms with Crippen LogP contribution in [-0.4, -0.2) is 16.2 Å². The summed E-state index contributed by atoms with van der Waals surface area (Å²) in [6.45, 7) is 0. The van der Waals surface area contributed by atoms with E-state index in [-0.39, 0.29) is 23.2 Å². The number of hydrogen-bond acceptors (Lipinski definition) is 4. The molecule has 0 aromatic heterocycles. The lowest BCUT2D eigenvalue weighted by Gasteiger charge is -2.05. The summed E-state index contributed by atoms with van der Waals surface area (Å²) in [5, 5.41) is 18.5. The monoisotopic (exact) mass is 286 g/mol. The second kappa shape index (κ2) is 7.33. The highest BCUT2D eigenvalue weighted by molar-refractivity contribution is 5.72. The Balaban J connectivity index is 1.71. The van der Waals surface area contributed by atoms with Crippen molar-refractivity contribution in [3.05, 3.63) is 54.1 Å². The van der Waals surface area contributed by atoms with Crippen molar-refractivity contribution in [2.45, 2.75) is 25.7 Å². The van der Waals surface area contributed by atoms with Crippen molar-refractivity contribution in [3.8, 4) is 17.2 Å². The van der Waals surface area contributed by atoms with E-state index in [1.54, 1.807) is 0 Å². The minimum atomic E-state index is -0.340. The fraction of sp³-hybridized carbons (Fsp3) is 0.235. The molecular formula is C17H18O4. The zero-order valence-electron chi connectivity index (χ0n) is 11.7. The van der Waals surface area contributed by atoms with Crippen LogP contribution in [0.5, 0.6) is 17.2 Å². The number of carbonyl (C=O) groups is 1. The van der Waals surface area contributed by atoms with Gasteiger partial charge in [-0.2, -0.15) is 0 Å². The first-order chi connectivity index (χ1) is 10.1. The number of phenols is 2. The Labute approximate surface area is 123 Å². The van der Waals surface area contributed by atoms with Gasteiger partial charge in [0.1, 0.15) is 5.75 Å². The van der Waals surface area contributed by atoms with Crippen LogP contribution in [0.3, 0.4) is 0 Å². The van der Waals surface area contributed by atoms with Crippen molar-refractivity contribution in [1.29, 1.82) is 0 Å². The molecule has 4 nitrogen and oxygen atoms in total. The molecule has 21 heavy (non-hydrogen) atoms. The number of carbonyl (C=O) groups excluding carboxylic acids is 1. The van der Waals surface area contributed by atoms with Gasteiger partial charge < -0.3 is 14.9 Å². The van der Waals surface area contributed by atoms with Crippen molar-refractivity contribution in [3.63, 3.8) is 0 Å². The lowest BCUT2D eigenvalue weighted by Crippen LogP contribution is -2.07. The van der Waals surface area contributed by atoms with E-state index in [0.29, 0.717) is 6.42 Å². The SMILES string of the molecule is O=C(CCCCc1ccccc1)Oc1ccc(O)c(O)c1. The molecule has 0 spiro atoms. The first kappa shape index (κ1) is 14.9. The molecule has 4 heteroatoms. The van der Waals surface area contributed by atoms with Gasteiger partial charge in [-0.15, -0.1) is 0 Å². The summed E-state index contributed by atoms with van der Waals surface area (Å²) in [4.78, 5) is 11.7. The first-order valence-corrected chi connectivity index (χ1v) is 6.92. The van der Waals surface area contributed by atoms with E-state index in [2.05, 4.69) is 12.1 Å². The van der Waals surface area contributed by atoms with Gasteiger partial charge in [-0.05, 0) is 37.0 Å². The maximum atomic E-state index is 11.7. The predicted molar refractivity (Wildman–Crippen MR) is 79.4 cm³/mol. The van der Waals surface area contributed by atoms with E-state index < -0.39 is 0 Å². The highest BCUT2D eigenvalue weighted by Crippen LogP contribution is 2.28. The van der Waals surface area contributed by atoms with E-state index in [0.717, 1.165) is 19.3 Å². The van der Waals surface area contributed by atoms with Gasteiger partial charge in [-0.25, -0.2) is 0 Å². The molecule has 0 fully saturated rings. The number of esters is 1. The van der Waals surface area contributed by atoms with Crippen LogP contribution in [0.4, 0.5) is 0 Å². The number of rotatable bonds is 6. The zero-order chi connectivity index (χ0) is 15.1. The van der Waals surface area contributed by atoms with Gasteiger partial charge in [0.25, 0.3) is 0 Å². The molecule has 0 heterocycles. The quantitative estimate of drug-likeness (QED) is 0.369. The number of hydrogen-bond donors (Lipinski definition) is 2. The van der Waals surface area contributed by atoms with Crippen molar-refractivity contribution < 1.29 is 19.7 Å². The van der Waals surface area contributed by atoms with E-state index in [9.17, 15) is 9.90 Å². The van der Waals surface area contributed by atoms with E-state index in [4.69, 9.17) is 9.84 Å². The first-order valence-electron chi connectivity index (χ1n) is 6.92. The van der Waals surface area contributed by atoms with Crippen molar-refractivity contribution in [2.75, 3.05) is 0 Å². The Bertz CT molecular complexity index is 593. The Hall–Kier alpha value is -2.49. The van der Waals surface area contributed by atoms with Crippen LogP contribution >= 0.6 is 0 Å². The maximum absolute atomic E-state index is 11.7. The number of aryl methyl sites for hydroxylation is 1. The minimum absolute atomic E-state index is 0.235. The number of unbranched alkanes of at least 4 members (excludes halogenated alkanes) is 1. The van der Waals surface area contributed by atoms with Gasteiger partial charge in [0, 0.05) is 12.5 Å². The summed E-state index contributed by atoms with van der Waals surface area (Å²) in [5.74, 6) is -0.645. The molecule has 2 aromatic carbocycles. The van der Waals surface area contributed by atoms with Gasteiger partial charge in [0.2, 0.25) is 0 Å². The molecule has 0 unspecified atom stereocenters. The maximum Gasteiger partial charge on any atom is 0.311 e. The van der Waals surface area contributed by atoms with Gasteiger partial charge in [-0.3, -0.25) is 4.79 Å². The molecule has 0 radical (unpaired) electrons. The lowest BCUT2D eigenvalue weighted by atomic mass is 10.1. The van der Waals surface area contributed by atoms with Crippen LogP contribution in [0.2, 0.25) is 0 Å². The Morgan fingerprint density at radius 3 is 2.43 bits per heavy atom. The molecule has 0 aliphatic carbocycles. The van der Waals surface area contributed by atoms with Crippen molar-refractivity contribution in [2.24, 2.45) is 0 Å². The third-order valence-corrected chi connectivity index (χ3v) is 3.12. The zero-order valence-corrected chi connectivity index (χ0v) is 11.7. The summed E-state index contributed by atoms with van der Waals surface area (Å²) in [5.41, 5.74) is 1.26. The Kier molecular flexibility index (Phi) is 5.21. The molecule has 0 aliphatic heterocycles. The number of aromatic hydroxyl groups is 2. The summed E-state index contributed by atoms with van der Waals surface area (Å²) >= 11 is 0. The average Bonchev–Trinajstić information content (AvgIpc) is 2.49. The topological polar surface area (TPSA) is 66.8 Å². The van der Waals surface area contributed by atoms with Gasteiger partial charge in [-0.1, -0.05) is 30.3 Å². The average molecular weight is 286 g/mol. The molecule has 2 aromatic rings. The lowest BCUT2D eigenvalue weighted by molar-refractivity contribution is -0.134. The summed E-state index contributed by atoms with van der Waals surface area (Å²) < 4.78 is 5.09. The molecule has 0 saturated heterocycles. The fourth-order valence-corrected chi connectivity index (χ4v) is 1.99. The molecule has 0 amide bonds. The third kappa shape index (κ3) is 4.84. The summed E-state index contributed by atoms with van der Waals surface area (Å²) in [6, 6.07) is 14.1. The van der Waals surface area contributed by atoms with Crippen LogP contribution in [0.15, 0.2) is 48.5 Å². The second-order valence-electron chi connectivity index (χ2n) is 4.82. The largest absolute Gasteiger partial charge is 0.504 e. The standard InChI is InChI=1S/C17H18O4/c18-15-11-10-14(12-16(15)19)21-17(20)9-5-4-8-13-6-2-1-3-7-13/h1-3,6-7,10-12,18-19H,4-5,8-9H2. The summed E-state index contributed by atoms with van der Waals surface area (Å²) in [6.07, 6.45) is 2.93. The van der Waals surface area contributed by atoms with Gasteiger partial charge in [0.15, 0.2) is 11.5 Å². The van der Waals surface area contributed by atoms with Crippen molar-refractivity contribution in [1.82, 2.24) is 0 Å². The van der Waals surface area contributed by atoms with Crippen LogP contribution < -0.4 is 4.74 Å². The van der Waals surface area contributed by atoms with Gasteiger partial charge >= 0.3 is 5.97 Å². The molecule has 0 atom stereocenters. The van der Waals surface area contributed by atoms with E-state index >= 15 is 0 Å². The molecular weight excluding hydrogens is 268 g/mol. The predicted octanol–water partition coefficient (Wildman–Crippen LogP) is 3.42. The minimum Gasteiger partial charge on any atom is -0.504 e. The molecule has 2 N–H and O–H groups in total. The molecule has 0 bridgehead atoms. The van der Waals surface area contributed by atoms with Crippen LogP contribution in [-0.2, 0) is 11.2 Å². The highest BCUT2D eigenvalue weighted by Gasteiger charge is 2.07. The molecule has 0 saturated carbocycles. The van der Waals surface area contributed by atoms with Gasteiger partial charge in [0.05, 0.1) is 0 Å². The highest BCUT2D eigenvalue weighted by atomic mass is 16.5. The molecule has 0 aliphatic rings. The fourth-order valence-electron chi connectivity index (χ4n) is 1.99. The number of ether oxygens (including phenoxy) is 1. The van der Waals surface area contributed by atoms with Crippen molar-refractivity contribution >= 4 is 5.97 Å². The van der Waals surface area contributed by atoms with Crippen LogP contribution in [0, 0.1) is 0 Å². The third-order valence-electron chi connectivity index (χ3n) is 3.12. The number of benzene rings is 2. The smallest absolute Gasteiger partial charge is 0.311 e. The van der Waals surface area contributed by atoms with E-state index in [1.807, 2.05) is 18.2 Å². The van der Waals surface area contributed by atoms with Crippen LogP contribution in [0.1, 0.15) is 24.8 Å². The summed E-state index contributed by atoms with van der Waals surface area (Å²) in [7, 11) is 0. The molecule has 2 rings (SSSR count). The molecule has 110 valence electrons. The Morgan fingerprint density at radius 1 is 0.952 bits per heavy atom.